The third-order valence-electron chi connectivity index (χ3n) is 4.95. The fraction of sp³-hybridized carbons (Fsp3) is 0.500. The van der Waals surface area contributed by atoms with Crippen LogP contribution in [0.4, 0.5) is 10.5 Å². The molecular weight excluding hydrogens is 304 g/mol. The van der Waals surface area contributed by atoms with Crippen LogP contribution in [0.25, 0.3) is 0 Å². The normalized spacial score (nSPS) is 26.8. The van der Waals surface area contributed by atoms with Crippen molar-refractivity contribution in [3.05, 3.63) is 28.8 Å². The molecule has 2 amide bonds. The number of benzene rings is 1. The average Bonchev–Trinajstić information content (AvgIpc) is 2.99. The van der Waals surface area contributed by atoms with E-state index in [9.17, 15) is 14.7 Å². The molecule has 2 fully saturated rings. The minimum atomic E-state index is -0.779. The van der Waals surface area contributed by atoms with Crippen molar-refractivity contribution in [2.45, 2.75) is 26.2 Å². The molecule has 1 aliphatic heterocycles. The number of carbonyl (C=O) groups excluding carboxylic acids is 1. The maximum Gasteiger partial charge on any atom is 0.321 e. The molecule has 22 heavy (non-hydrogen) atoms. The third kappa shape index (κ3) is 2.43. The number of halogens is 1. The number of aryl methyl sites for hydroxylation is 1. The van der Waals surface area contributed by atoms with Gasteiger partial charge in [-0.1, -0.05) is 24.1 Å². The highest BCUT2D eigenvalue weighted by Crippen LogP contribution is 2.49. The molecule has 1 aromatic rings. The van der Waals surface area contributed by atoms with E-state index in [1.54, 1.807) is 17.0 Å². The zero-order valence-electron chi connectivity index (χ0n) is 12.4. The van der Waals surface area contributed by atoms with E-state index < -0.39 is 11.4 Å². The lowest BCUT2D eigenvalue weighted by Gasteiger charge is -2.23. The first-order valence-corrected chi connectivity index (χ1v) is 7.86. The zero-order valence-corrected chi connectivity index (χ0v) is 13.2. The fourth-order valence-corrected chi connectivity index (χ4v) is 3.99. The van der Waals surface area contributed by atoms with E-state index >= 15 is 0 Å². The third-order valence-corrected chi connectivity index (χ3v) is 5.26. The Bertz CT molecular complexity index is 634. The number of hydrogen-bond acceptors (Lipinski definition) is 2. The number of nitrogens with zero attached hydrogens (tertiary/aromatic N) is 1. The van der Waals surface area contributed by atoms with E-state index in [1.807, 2.05) is 13.0 Å². The quantitative estimate of drug-likeness (QED) is 0.877. The van der Waals surface area contributed by atoms with Crippen molar-refractivity contribution < 1.29 is 14.7 Å². The minimum absolute atomic E-state index is 0.0595. The Morgan fingerprint density at radius 3 is 2.86 bits per heavy atom. The number of fused-ring (bicyclic) bond motifs is 1. The molecule has 0 spiro atoms. The van der Waals surface area contributed by atoms with Crippen molar-refractivity contribution in [2.75, 3.05) is 18.4 Å². The second-order valence-electron chi connectivity index (χ2n) is 6.34. The summed E-state index contributed by atoms with van der Waals surface area (Å²) in [4.78, 5) is 25.7. The van der Waals surface area contributed by atoms with Gasteiger partial charge in [-0.25, -0.2) is 4.79 Å². The molecule has 1 saturated carbocycles. The average molecular weight is 323 g/mol. The highest BCUT2D eigenvalue weighted by atomic mass is 35.5. The molecule has 1 aromatic carbocycles. The minimum Gasteiger partial charge on any atom is -0.481 e. The molecule has 0 bridgehead atoms. The van der Waals surface area contributed by atoms with Crippen molar-refractivity contribution >= 4 is 29.3 Å². The molecule has 0 radical (unpaired) electrons. The summed E-state index contributed by atoms with van der Waals surface area (Å²) in [7, 11) is 0. The second-order valence-corrected chi connectivity index (χ2v) is 6.75. The lowest BCUT2D eigenvalue weighted by atomic mass is 9.81. The molecule has 5 nitrogen and oxygen atoms in total. The van der Waals surface area contributed by atoms with Crippen LogP contribution < -0.4 is 5.32 Å². The number of likely N-dealkylation sites (tertiary alicyclic amines) is 1. The predicted molar refractivity (Wildman–Crippen MR) is 84.2 cm³/mol. The molecule has 2 atom stereocenters. The van der Waals surface area contributed by atoms with E-state index in [1.165, 1.54) is 0 Å². The zero-order chi connectivity index (χ0) is 15.9. The molecule has 1 heterocycles. The number of amides is 2. The molecule has 1 aliphatic carbocycles. The summed E-state index contributed by atoms with van der Waals surface area (Å²) < 4.78 is 0. The molecule has 1 saturated heterocycles. The molecule has 2 N–H and O–H groups in total. The van der Waals surface area contributed by atoms with Gasteiger partial charge in [-0.2, -0.15) is 0 Å². The predicted octanol–water partition coefficient (Wildman–Crippen LogP) is 3.37. The summed E-state index contributed by atoms with van der Waals surface area (Å²) in [6, 6.07) is 5.15. The maximum atomic E-state index is 12.4. The van der Waals surface area contributed by atoms with Gasteiger partial charge >= 0.3 is 12.0 Å². The SMILES string of the molecule is Cc1ccc(NC(=O)N2C[C@@H]3CCC[C@@]3(C(=O)O)C2)c(Cl)c1. The lowest BCUT2D eigenvalue weighted by Crippen LogP contribution is -2.38. The number of aliphatic carboxylic acids is 1. The van der Waals surface area contributed by atoms with Crippen molar-refractivity contribution in [3.8, 4) is 0 Å². The van der Waals surface area contributed by atoms with Gasteiger partial charge in [0.25, 0.3) is 0 Å². The van der Waals surface area contributed by atoms with Crippen LogP contribution in [0.1, 0.15) is 24.8 Å². The number of urea groups is 1. The lowest BCUT2D eigenvalue weighted by molar-refractivity contribution is -0.149. The maximum absolute atomic E-state index is 12.4. The van der Waals surface area contributed by atoms with Gasteiger partial charge in [-0.05, 0) is 43.4 Å². The number of hydrogen-bond donors (Lipinski definition) is 2. The van der Waals surface area contributed by atoms with Gasteiger partial charge in [-0.15, -0.1) is 0 Å². The molecule has 0 aromatic heterocycles. The Morgan fingerprint density at radius 2 is 2.23 bits per heavy atom. The van der Waals surface area contributed by atoms with Gasteiger partial charge in [0.15, 0.2) is 0 Å². The van der Waals surface area contributed by atoms with E-state index in [-0.39, 0.29) is 18.5 Å². The van der Waals surface area contributed by atoms with Crippen LogP contribution in [0.15, 0.2) is 18.2 Å². The highest BCUT2D eigenvalue weighted by Gasteiger charge is 2.55. The first kappa shape index (κ1) is 15.2. The van der Waals surface area contributed by atoms with E-state index in [0.717, 1.165) is 18.4 Å². The number of nitrogens with one attached hydrogen (secondary N) is 1. The highest BCUT2D eigenvalue weighted by molar-refractivity contribution is 6.33. The van der Waals surface area contributed by atoms with Gasteiger partial charge in [0.2, 0.25) is 0 Å². The van der Waals surface area contributed by atoms with Crippen molar-refractivity contribution in [1.29, 1.82) is 0 Å². The van der Waals surface area contributed by atoms with Crippen molar-refractivity contribution in [3.63, 3.8) is 0 Å². The Hall–Kier alpha value is -1.75. The number of carboxylic acid groups (broad SMARTS) is 1. The summed E-state index contributed by atoms with van der Waals surface area (Å²) in [6.45, 7) is 2.71. The van der Waals surface area contributed by atoms with Gasteiger partial charge in [0, 0.05) is 13.1 Å². The van der Waals surface area contributed by atoms with E-state index in [2.05, 4.69) is 5.32 Å². The van der Waals surface area contributed by atoms with Crippen molar-refractivity contribution in [2.24, 2.45) is 11.3 Å². The van der Waals surface area contributed by atoms with Crippen LogP contribution in [-0.2, 0) is 4.79 Å². The summed E-state index contributed by atoms with van der Waals surface area (Å²) in [5.41, 5.74) is 0.816. The van der Waals surface area contributed by atoms with Crippen LogP contribution in [0, 0.1) is 18.3 Å². The van der Waals surface area contributed by atoms with E-state index in [0.29, 0.717) is 23.7 Å². The van der Waals surface area contributed by atoms with Gasteiger partial charge in [0.1, 0.15) is 0 Å². The monoisotopic (exact) mass is 322 g/mol. The summed E-state index contributed by atoms with van der Waals surface area (Å²) in [5, 5.41) is 12.8. The molecule has 118 valence electrons. The molecule has 2 aliphatic rings. The molecular formula is C16H19ClN2O3. The van der Waals surface area contributed by atoms with Crippen LogP contribution in [0.5, 0.6) is 0 Å². The number of rotatable bonds is 2. The largest absolute Gasteiger partial charge is 0.481 e. The summed E-state index contributed by atoms with van der Waals surface area (Å²) >= 11 is 6.13. The van der Waals surface area contributed by atoms with Crippen LogP contribution >= 0.6 is 11.6 Å². The number of anilines is 1. The molecule has 0 unspecified atom stereocenters. The second kappa shape index (κ2) is 5.47. The van der Waals surface area contributed by atoms with Gasteiger partial charge in [-0.3, -0.25) is 4.79 Å². The van der Waals surface area contributed by atoms with Gasteiger partial charge in [0.05, 0.1) is 16.1 Å². The van der Waals surface area contributed by atoms with Crippen LogP contribution in [0.2, 0.25) is 5.02 Å². The molecule has 6 heteroatoms. The molecule has 3 rings (SSSR count). The van der Waals surface area contributed by atoms with Gasteiger partial charge < -0.3 is 15.3 Å². The Morgan fingerprint density at radius 1 is 1.45 bits per heavy atom. The first-order chi connectivity index (χ1) is 10.4. The van der Waals surface area contributed by atoms with Crippen molar-refractivity contribution in [1.82, 2.24) is 4.90 Å². The van der Waals surface area contributed by atoms with E-state index in [4.69, 9.17) is 11.6 Å². The first-order valence-electron chi connectivity index (χ1n) is 7.48. The standard InChI is InChI=1S/C16H19ClN2O3/c1-10-4-5-13(12(17)7-10)18-15(22)19-8-11-3-2-6-16(11,9-19)14(20)21/h4-5,7,11H,2-3,6,8-9H2,1H3,(H,18,22)(H,20,21)/t11-,16+/m0/s1. The summed E-state index contributed by atoms with van der Waals surface area (Å²) in [5.74, 6) is -0.720. The smallest absolute Gasteiger partial charge is 0.321 e. The Labute approximate surface area is 134 Å². The fourth-order valence-electron chi connectivity index (χ4n) is 3.71. The Balaban J connectivity index is 1.73. The van der Waals surface area contributed by atoms with Crippen LogP contribution in [-0.4, -0.2) is 35.1 Å². The summed E-state index contributed by atoms with van der Waals surface area (Å²) in [6.07, 6.45) is 2.46. The Kier molecular flexibility index (Phi) is 3.77. The number of carbonyl (C=O) groups is 2. The van der Waals surface area contributed by atoms with Crippen LogP contribution in [0.3, 0.4) is 0 Å². The number of carboxylic acids is 1. The topological polar surface area (TPSA) is 69.6 Å².